The van der Waals surface area contributed by atoms with Crippen molar-refractivity contribution in [2.24, 2.45) is 0 Å². The second-order valence-corrected chi connectivity index (χ2v) is 5.63. The van der Waals surface area contributed by atoms with Gasteiger partial charge in [0.05, 0.1) is 6.04 Å². The molecule has 2 amide bonds. The van der Waals surface area contributed by atoms with Gasteiger partial charge in [0.1, 0.15) is 12.7 Å². The Balaban J connectivity index is 1.62. The predicted octanol–water partition coefficient (Wildman–Crippen LogP) is 1.01. The van der Waals surface area contributed by atoms with Crippen LogP contribution in [-0.2, 0) is 4.79 Å². The van der Waals surface area contributed by atoms with E-state index >= 15 is 0 Å². The molecular formula is C16H19N5O2. The second-order valence-electron chi connectivity index (χ2n) is 5.63. The van der Waals surface area contributed by atoms with Crippen LogP contribution in [0, 0.1) is 0 Å². The van der Waals surface area contributed by atoms with Crippen LogP contribution >= 0.6 is 0 Å². The highest BCUT2D eigenvalue weighted by Crippen LogP contribution is 2.13. The number of likely N-dealkylation sites (tertiary alicyclic amines) is 1. The van der Waals surface area contributed by atoms with Gasteiger partial charge in [-0.1, -0.05) is 6.92 Å². The van der Waals surface area contributed by atoms with E-state index in [0.717, 1.165) is 18.7 Å². The van der Waals surface area contributed by atoms with Gasteiger partial charge in [0.25, 0.3) is 5.91 Å². The van der Waals surface area contributed by atoms with Gasteiger partial charge in [0.2, 0.25) is 5.91 Å². The van der Waals surface area contributed by atoms with Crippen LogP contribution in [0.4, 0.5) is 0 Å². The third-order valence-corrected chi connectivity index (χ3v) is 3.89. The topological polar surface area (TPSA) is 80.1 Å². The average molecular weight is 313 g/mol. The Bertz CT molecular complexity index is 681. The fourth-order valence-corrected chi connectivity index (χ4v) is 2.74. The zero-order valence-corrected chi connectivity index (χ0v) is 13.0. The lowest BCUT2D eigenvalue weighted by Gasteiger charge is -2.16. The Kier molecular flexibility index (Phi) is 4.36. The van der Waals surface area contributed by atoms with E-state index < -0.39 is 0 Å². The van der Waals surface area contributed by atoms with E-state index in [1.54, 1.807) is 34.3 Å². The molecule has 1 unspecified atom stereocenters. The van der Waals surface area contributed by atoms with E-state index in [-0.39, 0.29) is 17.9 Å². The van der Waals surface area contributed by atoms with E-state index in [4.69, 9.17) is 0 Å². The van der Waals surface area contributed by atoms with Crippen LogP contribution in [0.1, 0.15) is 30.1 Å². The summed E-state index contributed by atoms with van der Waals surface area (Å²) in [5, 5.41) is 10.4. The average Bonchev–Trinajstić information content (AvgIpc) is 3.19. The van der Waals surface area contributed by atoms with Crippen LogP contribution < -0.4 is 5.32 Å². The molecule has 23 heavy (non-hydrogen) atoms. The minimum Gasteiger partial charge on any atom is -0.347 e. The lowest BCUT2D eigenvalue weighted by Crippen LogP contribution is -2.37. The number of carbonyl (C=O) groups is 2. The first-order valence-electron chi connectivity index (χ1n) is 7.71. The molecule has 0 saturated carbocycles. The highest BCUT2D eigenvalue weighted by atomic mass is 16.2. The fourth-order valence-electron chi connectivity index (χ4n) is 2.74. The summed E-state index contributed by atoms with van der Waals surface area (Å²) in [6, 6.07) is 7.07. The van der Waals surface area contributed by atoms with Crippen LogP contribution in [0.5, 0.6) is 0 Å². The van der Waals surface area contributed by atoms with Gasteiger partial charge in [-0.3, -0.25) is 14.2 Å². The molecule has 1 aliphatic rings. The first-order chi connectivity index (χ1) is 11.2. The van der Waals surface area contributed by atoms with Gasteiger partial charge in [-0.15, -0.1) is 10.2 Å². The van der Waals surface area contributed by atoms with Crippen molar-refractivity contribution in [3.05, 3.63) is 42.5 Å². The smallest absolute Gasteiger partial charge is 0.251 e. The molecule has 1 aromatic carbocycles. The van der Waals surface area contributed by atoms with Gasteiger partial charge in [-0.05, 0) is 30.7 Å². The fraction of sp³-hybridized carbons (Fsp3) is 0.375. The minimum atomic E-state index is -0.156. The summed E-state index contributed by atoms with van der Waals surface area (Å²) in [6.07, 6.45) is 4.50. The van der Waals surface area contributed by atoms with Crippen molar-refractivity contribution in [1.29, 1.82) is 0 Å². The summed E-state index contributed by atoms with van der Waals surface area (Å²) in [5.41, 5.74) is 1.46. The standard InChI is InChI=1S/C16H19N5O2/c1-2-7-20-9-13(8-15(20)22)19-16(23)12-3-5-14(6-4-12)21-10-17-18-11-21/h3-6,10-11,13H,2,7-9H2,1H3,(H,19,23). The summed E-state index contributed by atoms with van der Waals surface area (Å²) in [5.74, 6) is -0.0449. The number of benzene rings is 1. The molecule has 1 N–H and O–H groups in total. The summed E-state index contributed by atoms with van der Waals surface area (Å²) >= 11 is 0. The van der Waals surface area contributed by atoms with Crippen molar-refractivity contribution in [3.63, 3.8) is 0 Å². The van der Waals surface area contributed by atoms with Crippen molar-refractivity contribution in [1.82, 2.24) is 25.0 Å². The van der Waals surface area contributed by atoms with Gasteiger partial charge in [0, 0.05) is 30.8 Å². The van der Waals surface area contributed by atoms with Gasteiger partial charge in [-0.2, -0.15) is 0 Å². The molecule has 1 aliphatic heterocycles. The van der Waals surface area contributed by atoms with Crippen molar-refractivity contribution >= 4 is 11.8 Å². The van der Waals surface area contributed by atoms with Crippen molar-refractivity contribution in [2.75, 3.05) is 13.1 Å². The lowest BCUT2D eigenvalue weighted by molar-refractivity contribution is -0.127. The Morgan fingerprint density at radius 3 is 2.61 bits per heavy atom. The lowest BCUT2D eigenvalue weighted by atomic mass is 10.1. The zero-order valence-electron chi connectivity index (χ0n) is 13.0. The third kappa shape index (κ3) is 3.39. The molecule has 0 spiro atoms. The molecule has 0 bridgehead atoms. The Labute approximate surface area is 134 Å². The molecular weight excluding hydrogens is 294 g/mol. The number of nitrogens with one attached hydrogen (secondary N) is 1. The van der Waals surface area contributed by atoms with E-state index in [1.807, 2.05) is 19.1 Å². The molecule has 0 aliphatic carbocycles. The maximum absolute atomic E-state index is 12.3. The van der Waals surface area contributed by atoms with Gasteiger partial charge < -0.3 is 10.2 Å². The van der Waals surface area contributed by atoms with E-state index in [2.05, 4.69) is 15.5 Å². The molecule has 1 aromatic heterocycles. The molecule has 0 radical (unpaired) electrons. The third-order valence-electron chi connectivity index (χ3n) is 3.89. The van der Waals surface area contributed by atoms with Crippen LogP contribution in [0.25, 0.3) is 5.69 Å². The Hall–Kier alpha value is -2.70. The first-order valence-corrected chi connectivity index (χ1v) is 7.71. The second kappa shape index (κ2) is 6.60. The minimum absolute atomic E-state index is 0.111. The molecule has 1 fully saturated rings. The number of aromatic nitrogens is 3. The number of amides is 2. The van der Waals surface area contributed by atoms with Crippen LogP contribution in [-0.4, -0.2) is 50.6 Å². The molecule has 2 heterocycles. The van der Waals surface area contributed by atoms with E-state index in [0.29, 0.717) is 18.5 Å². The number of nitrogens with zero attached hydrogens (tertiary/aromatic N) is 4. The van der Waals surface area contributed by atoms with Crippen LogP contribution in [0.15, 0.2) is 36.9 Å². The quantitative estimate of drug-likeness (QED) is 0.893. The Morgan fingerprint density at radius 1 is 1.26 bits per heavy atom. The number of hydrogen-bond acceptors (Lipinski definition) is 4. The zero-order chi connectivity index (χ0) is 16.2. The van der Waals surface area contributed by atoms with Gasteiger partial charge >= 0.3 is 0 Å². The molecule has 1 saturated heterocycles. The molecule has 3 rings (SSSR count). The summed E-state index contributed by atoms with van der Waals surface area (Å²) in [6.45, 7) is 3.38. The van der Waals surface area contributed by atoms with E-state index in [1.165, 1.54) is 0 Å². The number of rotatable bonds is 5. The summed E-state index contributed by atoms with van der Waals surface area (Å²) in [7, 11) is 0. The molecule has 7 nitrogen and oxygen atoms in total. The van der Waals surface area contributed by atoms with Gasteiger partial charge in [0.15, 0.2) is 0 Å². The highest BCUT2D eigenvalue weighted by molar-refractivity contribution is 5.95. The van der Waals surface area contributed by atoms with Crippen LogP contribution in [0.2, 0.25) is 0 Å². The Morgan fingerprint density at radius 2 is 1.96 bits per heavy atom. The SMILES string of the molecule is CCCN1CC(NC(=O)c2ccc(-n3cnnc3)cc2)CC1=O. The molecule has 7 heteroatoms. The van der Waals surface area contributed by atoms with Crippen molar-refractivity contribution in [2.45, 2.75) is 25.8 Å². The summed E-state index contributed by atoms with van der Waals surface area (Å²) in [4.78, 5) is 25.9. The van der Waals surface area contributed by atoms with Gasteiger partial charge in [-0.25, -0.2) is 0 Å². The molecule has 1 atom stereocenters. The maximum Gasteiger partial charge on any atom is 0.251 e. The largest absolute Gasteiger partial charge is 0.347 e. The van der Waals surface area contributed by atoms with E-state index in [9.17, 15) is 9.59 Å². The summed E-state index contributed by atoms with van der Waals surface area (Å²) < 4.78 is 1.76. The maximum atomic E-state index is 12.3. The normalized spacial score (nSPS) is 17.5. The van der Waals surface area contributed by atoms with Crippen molar-refractivity contribution in [3.8, 4) is 5.69 Å². The number of carbonyl (C=O) groups excluding carboxylic acids is 2. The molecule has 2 aromatic rings. The van der Waals surface area contributed by atoms with Crippen LogP contribution in [0.3, 0.4) is 0 Å². The first kappa shape index (κ1) is 15.2. The molecule has 120 valence electrons. The monoisotopic (exact) mass is 313 g/mol. The van der Waals surface area contributed by atoms with Crippen molar-refractivity contribution < 1.29 is 9.59 Å². The predicted molar refractivity (Wildman–Crippen MR) is 84.1 cm³/mol. The highest BCUT2D eigenvalue weighted by Gasteiger charge is 2.29. The number of hydrogen-bond donors (Lipinski definition) is 1.